The molecule has 0 aromatic heterocycles. The van der Waals surface area contributed by atoms with Crippen molar-refractivity contribution in [3.63, 3.8) is 0 Å². The van der Waals surface area contributed by atoms with Gasteiger partial charge in [0, 0.05) is 6.92 Å². The van der Waals surface area contributed by atoms with Crippen molar-refractivity contribution >= 4 is 5.97 Å². The highest BCUT2D eigenvalue weighted by Crippen LogP contribution is 2.17. The summed E-state index contributed by atoms with van der Waals surface area (Å²) < 4.78 is 10.3. The standard InChI is InChI=1S/C13H26O3/c1-5-7-13(8-6-2)9-10-15-12(4)16-11(3)14/h12-13H,5-10H2,1-4H3. The van der Waals surface area contributed by atoms with E-state index >= 15 is 0 Å². The lowest BCUT2D eigenvalue weighted by atomic mass is 9.95. The third kappa shape index (κ3) is 8.72. The van der Waals surface area contributed by atoms with E-state index in [2.05, 4.69) is 13.8 Å². The van der Waals surface area contributed by atoms with Crippen molar-refractivity contribution in [3.8, 4) is 0 Å². The van der Waals surface area contributed by atoms with Gasteiger partial charge >= 0.3 is 5.97 Å². The molecule has 16 heavy (non-hydrogen) atoms. The van der Waals surface area contributed by atoms with Gasteiger partial charge in [0.15, 0.2) is 6.29 Å². The number of ether oxygens (including phenoxy) is 2. The van der Waals surface area contributed by atoms with Crippen LogP contribution in [0.15, 0.2) is 0 Å². The van der Waals surface area contributed by atoms with Gasteiger partial charge < -0.3 is 9.47 Å². The zero-order valence-electron chi connectivity index (χ0n) is 11.1. The Hall–Kier alpha value is -0.570. The molecule has 0 aliphatic rings. The Morgan fingerprint density at radius 2 is 1.69 bits per heavy atom. The summed E-state index contributed by atoms with van der Waals surface area (Å²) in [4.78, 5) is 10.7. The van der Waals surface area contributed by atoms with Gasteiger partial charge in [0.25, 0.3) is 0 Å². The van der Waals surface area contributed by atoms with Crippen molar-refractivity contribution in [1.82, 2.24) is 0 Å². The van der Waals surface area contributed by atoms with E-state index in [0.717, 1.165) is 12.3 Å². The van der Waals surface area contributed by atoms with Crippen LogP contribution in [0.3, 0.4) is 0 Å². The molecule has 3 nitrogen and oxygen atoms in total. The minimum absolute atomic E-state index is 0.286. The molecule has 0 fully saturated rings. The molecule has 0 saturated carbocycles. The molecule has 0 aliphatic heterocycles. The van der Waals surface area contributed by atoms with Crippen molar-refractivity contribution < 1.29 is 14.3 Å². The van der Waals surface area contributed by atoms with E-state index in [4.69, 9.17) is 9.47 Å². The van der Waals surface area contributed by atoms with Gasteiger partial charge in [-0.25, -0.2) is 0 Å². The Labute approximate surface area is 99.5 Å². The van der Waals surface area contributed by atoms with Crippen molar-refractivity contribution in [2.24, 2.45) is 5.92 Å². The topological polar surface area (TPSA) is 35.5 Å². The van der Waals surface area contributed by atoms with Crippen LogP contribution in [0.1, 0.15) is 59.8 Å². The van der Waals surface area contributed by atoms with E-state index in [9.17, 15) is 4.79 Å². The maximum atomic E-state index is 10.7. The molecule has 3 heteroatoms. The van der Waals surface area contributed by atoms with Gasteiger partial charge in [-0.3, -0.25) is 4.79 Å². The maximum absolute atomic E-state index is 10.7. The molecule has 96 valence electrons. The summed E-state index contributed by atoms with van der Waals surface area (Å²) in [7, 11) is 0. The maximum Gasteiger partial charge on any atom is 0.304 e. The van der Waals surface area contributed by atoms with Crippen molar-refractivity contribution in [2.45, 2.75) is 66.1 Å². The summed E-state index contributed by atoms with van der Waals surface area (Å²) in [5, 5.41) is 0. The highest BCUT2D eigenvalue weighted by Gasteiger charge is 2.09. The highest BCUT2D eigenvalue weighted by molar-refractivity contribution is 5.65. The number of hydrogen-bond donors (Lipinski definition) is 0. The second kappa shape index (κ2) is 9.64. The minimum Gasteiger partial charge on any atom is -0.436 e. The second-order valence-electron chi connectivity index (χ2n) is 4.28. The summed E-state index contributed by atoms with van der Waals surface area (Å²) >= 11 is 0. The Morgan fingerprint density at radius 3 is 2.12 bits per heavy atom. The molecule has 0 N–H and O–H groups in total. The Bertz CT molecular complexity index is 174. The van der Waals surface area contributed by atoms with Crippen LogP contribution in [-0.2, 0) is 14.3 Å². The molecule has 0 radical (unpaired) electrons. The van der Waals surface area contributed by atoms with Gasteiger partial charge in [-0.15, -0.1) is 0 Å². The van der Waals surface area contributed by atoms with Crippen LogP contribution in [0.5, 0.6) is 0 Å². The smallest absolute Gasteiger partial charge is 0.304 e. The van der Waals surface area contributed by atoms with Gasteiger partial charge in [-0.05, 0) is 19.3 Å². The zero-order valence-corrected chi connectivity index (χ0v) is 11.1. The summed E-state index contributed by atoms with van der Waals surface area (Å²) in [5.41, 5.74) is 0. The van der Waals surface area contributed by atoms with Crippen LogP contribution < -0.4 is 0 Å². The van der Waals surface area contributed by atoms with Gasteiger partial charge in [-0.2, -0.15) is 0 Å². The summed E-state index contributed by atoms with van der Waals surface area (Å²) in [6, 6.07) is 0. The van der Waals surface area contributed by atoms with E-state index in [-0.39, 0.29) is 5.97 Å². The predicted octanol–water partition coefficient (Wildman–Crippen LogP) is 3.52. The first-order chi connectivity index (χ1) is 7.60. The van der Waals surface area contributed by atoms with Gasteiger partial charge in [0.1, 0.15) is 0 Å². The first kappa shape index (κ1) is 15.4. The molecule has 0 aliphatic carbocycles. The molecule has 0 aromatic rings. The number of rotatable bonds is 9. The molecular weight excluding hydrogens is 204 g/mol. The van der Waals surface area contributed by atoms with Gasteiger partial charge in [0.2, 0.25) is 0 Å². The third-order valence-corrected chi connectivity index (χ3v) is 2.60. The predicted molar refractivity (Wildman–Crippen MR) is 65.1 cm³/mol. The van der Waals surface area contributed by atoms with Crippen LogP contribution in [0, 0.1) is 5.92 Å². The second-order valence-corrected chi connectivity index (χ2v) is 4.28. The summed E-state index contributed by atoms with van der Waals surface area (Å²) in [6.45, 7) is 8.27. The van der Waals surface area contributed by atoms with Gasteiger partial charge in [-0.1, -0.05) is 39.5 Å². The fraction of sp³-hybridized carbons (Fsp3) is 0.923. The lowest BCUT2D eigenvalue weighted by Gasteiger charge is -2.17. The number of hydrogen-bond acceptors (Lipinski definition) is 3. The number of esters is 1. The number of carbonyl (C=O) groups is 1. The quantitative estimate of drug-likeness (QED) is 0.449. The first-order valence-electron chi connectivity index (χ1n) is 6.38. The van der Waals surface area contributed by atoms with Crippen LogP contribution in [0.25, 0.3) is 0 Å². The van der Waals surface area contributed by atoms with E-state index < -0.39 is 6.29 Å². The van der Waals surface area contributed by atoms with Gasteiger partial charge in [0.05, 0.1) is 6.61 Å². The minimum atomic E-state index is -0.415. The van der Waals surface area contributed by atoms with Crippen molar-refractivity contribution in [1.29, 1.82) is 0 Å². The Morgan fingerprint density at radius 1 is 1.12 bits per heavy atom. The highest BCUT2D eigenvalue weighted by atomic mass is 16.7. The van der Waals surface area contributed by atoms with E-state index in [1.807, 2.05) is 0 Å². The summed E-state index contributed by atoms with van der Waals surface area (Å²) in [5.74, 6) is 0.464. The van der Waals surface area contributed by atoms with Crippen molar-refractivity contribution in [2.75, 3.05) is 6.61 Å². The Kier molecular flexibility index (Phi) is 9.30. The van der Waals surface area contributed by atoms with E-state index in [1.165, 1.54) is 32.6 Å². The molecule has 0 heterocycles. The molecule has 0 bridgehead atoms. The van der Waals surface area contributed by atoms with Crippen molar-refractivity contribution in [3.05, 3.63) is 0 Å². The molecule has 0 aromatic carbocycles. The normalized spacial score (nSPS) is 12.8. The molecule has 0 rings (SSSR count). The molecule has 0 saturated heterocycles. The van der Waals surface area contributed by atoms with E-state index in [0.29, 0.717) is 6.61 Å². The lowest BCUT2D eigenvalue weighted by molar-refractivity contribution is -0.172. The third-order valence-electron chi connectivity index (χ3n) is 2.60. The van der Waals surface area contributed by atoms with Crippen LogP contribution in [0.4, 0.5) is 0 Å². The van der Waals surface area contributed by atoms with Crippen LogP contribution in [-0.4, -0.2) is 18.9 Å². The molecule has 1 unspecified atom stereocenters. The monoisotopic (exact) mass is 230 g/mol. The van der Waals surface area contributed by atoms with Crippen LogP contribution in [0.2, 0.25) is 0 Å². The lowest BCUT2D eigenvalue weighted by Crippen LogP contribution is -2.18. The van der Waals surface area contributed by atoms with E-state index in [1.54, 1.807) is 6.92 Å². The fourth-order valence-electron chi connectivity index (χ4n) is 1.92. The average molecular weight is 230 g/mol. The zero-order chi connectivity index (χ0) is 12.4. The molecule has 0 spiro atoms. The average Bonchev–Trinajstić information content (AvgIpc) is 2.17. The summed E-state index contributed by atoms with van der Waals surface area (Å²) in [6.07, 6.45) is 5.63. The largest absolute Gasteiger partial charge is 0.436 e. The SMILES string of the molecule is CCCC(CCC)CCOC(C)OC(C)=O. The first-order valence-corrected chi connectivity index (χ1v) is 6.38. The molecule has 0 amide bonds. The molecular formula is C13H26O3. The Balaban J connectivity index is 3.63. The molecule has 1 atom stereocenters. The number of carbonyl (C=O) groups excluding carboxylic acids is 1. The fourth-order valence-corrected chi connectivity index (χ4v) is 1.92. The van der Waals surface area contributed by atoms with Crippen LogP contribution >= 0.6 is 0 Å².